The van der Waals surface area contributed by atoms with Crippen molar-refractivity contribution >= 4 is 23.7 Å². The van der Waals surface area contributed by atoms with E-state index in [0.717, 1.165) is 17.9 Å². The zero-order chi connectivity index (χ0) is 46.2. The largest absolute Gasteiger partial charge is 0.509 e. The van der Waals surface area contributed by atoms with Gasteiger partial charge in [-0.05, 0) is 168 Å². The average molecular weight is 897 g/mol. The second kappa shape index (κ2) is 18.6. The topological polar surface area (TPSA) is 124 Å². The van der Waals surface area contributed by atoms with E-state index in [0.29, 0.717) is 84.6 Å². The second-order valence-electron chi connectivity index (χ2n) is 17.8. The first kappa shape index (κ1) is 48.1. The number of aryl methyl sites for hydroxylation is 4. The molecule has 3 saturated carbocycles. The fourth-order valence-corrected chi connectivity index (χ4v) is 10.4. The van der Waals surface area contributed by atoms with E-state index in [4.69, 9.17) is 23.9 Å². The number of aliphatic hydroxyl groups is 1. The summed E-state index contributed by atoms with van der Waals surface area (Å²) >= 11 is 0. The van der Waals surface area contributed by atoms with E-state index in [9.17, 15) is 45.8 Å². The van der Waals surface area contributed by atoms with Gasteiger partial charge in [-0.3, -0.25) is 14.5 Å². The molecule has 0 saturated heterocycles. The number of halogens is 6. The fourth-order valence-electron chi connectivity index (χ4n) is 10.4. The summed E-state index contributed by atoms with van der Waals surface area (Å²) in [4.78, 5) is 50.9. The highest BCUT2D eigenvalue weighted by Crippen LogP contribution is 2.58. The quantitative estimate of drug-likeness (QED) is 0.0801. The van der Waals surface area contributed by atoms with Crippen LogP contribution in [0.1, 0.15) is 105 Å². The molecule has 0 aromatic heterocycles. The van der Waals surface area contributed by atoms with Crippen LogP contribution in [0, 0.1) is 45.4 Å². The zero-order valence-electron chi connectivity index (χ0n) is 36.8. The molecular weight excluding hydrogens is 838 g/mol. The Kier molecular flexibility index (Phi) is 14.2. The number of carbonyl (C=O) groups excluding carboxylic acids is 3. The van der Waals surface area contributed by atoms with E-state index in [1.807, 2.05) is 0 Å². The number of amides is 1. The number of carbonyl (C=O) groups is 3. The number of hydrogen-bond donors (Lipinski definition) is 1. The van der Waals surface area contributed by atoms with Gasteiger partial charge in [-0.25, -0.2) is 9.86 Å². The first-order valence-corrected chi connectivity index (χ1v) is 21.6. The number of aldehydes is 1. The molecule has 3 aliphatic carbocycles. The molecule has 63 heavy (non-hydrogen) atoms. The molecule has 2 aromatic rings. The molecule has 4 atom stereocenters. The third-order valence-electron chi connectivity index (χ3n) is 13.4. The van der Waals surface area contributed by atoms with Gasteiger partial charge in [0.25, 0.3) is 0 Å². The third kappa shape index (κ3) is 10.1. The highest BCUT2D eigenvalue weighted by atomic mass is 19.4. The molecule has 0 radical (unpaired) electrons. The lowest BCUT2D eigenvalue weighted by atomic mass is 9.62. The first-order chi connectivity index (χ1) is 29.5. The van der Waals surface area contributed by atoms with E-state index in [1.54, 1.807) is 41.7 Å². The number of esters is 1. The molecule has 1 amide bonds. The Morgan fingerprint density at radius 1 is 0.952 bits per heavy atom. The minimum atomic E-state index is -4.69. The molecule has 3 fully saturated rings. The number of aliphatic hydroxyl groups excluding tert-OH is 1. The van der Waals surface area contributed by atoms with Crippen LogP contribution in [0.2, 0.25) is 0 Å². The van der Waals surface area contributed by atoms with Crippen LogP contribution in [0.15, 0.2) is 30.0 Å². The Labute approximate surface area is 363 Å². The predicted octanol–water partition coefficient (Wildman–Crippen LogP) is 9.35. The number of hydroxylamine groups is 4. The molecule has 348 valence electrons. The molecular formula is C46H58F6N2O9. The zero-order valence-corrected chi connectivity index (χ0v) is 36.8. The maximum atomic E-state index is 14.6. The van der Waals surface area contributed by atoms with Gasteiger partial charge >= 0.3 is 18.3 Å². The van der Waals surface area contributed by atoms with Gasteiger partial charge in [0, 0.05) is 25.6 Å². The van der Waals surface area contributed by atoms with Crippen molar-refractivity contribution in [1.82, 2.24) is 10.1 Å². The van der Waals surface area contributed by atoms with Crippen LogP contribution in [-0.2, 0) is 35.2 Å². The average Bonchev–Trinajstić information content (AvgIpc) is 3.82. The molecule has 6 rings (SSSR count). The van der Waals surface area contributed by atoms with Crippen molar-refractivity contribution in [2.45, 2.75) is 141 Å². The number of ether oxygens (including phenoxy) is 3. The van der Waals surface area contributed by atoms with Gasteiger partial charge in [-0.15, -0.1) is 0 Å². The van der Waals surface area contributed by atoms with Crippen molar-refractivity contribution in [1.29, 1.82) is 0 Å². The normalized spacial score (nSPS) is 25.5. The van der Waals surface area contributed by atoms with Crippen LogP contribution < -0.4 is 9.47 Å². The Bertz CT molecular complexity index is 2010. The molecule has 4 unspecified atom stereocenters. The number of likely N-dealkylation sites (N-methyl/N-ethyl adjacent to an activating group) is 2. The van der Waals surface area contributed by atoms with Crippen LogP contribution in [0.3, 0.4) is 0 Å². The van der Waals surface area contributed by atoms with Crippen molar-refractivity contribution in [2.24, 2.45) is 17.8 Å². The Morgan fingerprint density at radius 3 is 2.11 bits per heavy atom. The van der Waals surface area contributed by atoms with E-state index >= 15 is 0 Å². The molecule has 0 bridgehead atoms. The number of alkyl halides is 6. The van der Waals surface area contributed by atoms with Crippen LogP contribution in [0.5, 0.6) is 11.5 Å². The Morgan fingerprint density at radius 2 is 1.56 bits per heavy atom. The monoisotopic (exact) mass is 896 g/mol. The van der Waals surface area contributed by atoms with Gasteiger partial charge in [-0.2, -0.15) is 31.4 Å². The molecule has 1 N–H and O–H groups in total. The Hall–Kier alpha value is -4.35. The SMILES string of the molecule is CCOC(=O)C1(ON(C)C(=O)Cc2c(C)cc(OC(CC3CC(C4CCCC45ON(C)C(C=O)C(c4c(C)cc(OCC(F)(F)F)cc4C)=C5O)C3)C(F)(F)F)cc2C)CCCC1. The lowest BCUT2D eigenvalue weighted by Crippen LogP contribution is -2.55. The van der Waals surface area contributed by atoms with E-state index in [1.165, 1.54) is 36.4 Å². The van der Waals surface area contributed by atoms with Crippen molar-refractivity contribution < 1.29 is 69.7 Å². The van der Waals surface area contributed by atoms with Gasteiger partial charge in [0.1, 0.15) is 35.2 Å². The number of rotatable bonds is 15. The molecule has 1 aliphatic heterocycles. The molecule has 4 aliphatic rings. The van der Waals surface area contributed by atoms with Crippen molar-refractivity contribution in [3.63, 3.8) is 0 Å². The van der Waals surface area contributed by atoms with Crippen LogP contribution in [0.4, 0.5) is 26.3 Å². The predicted molar refractivity (Wildman–Crippen MR) is 218 cm³/mol. The van der Waals surface area contributed by atoms with Crippen LogP contribution in [0.25, 0.3) is 5.57 Å². The molecule has 2 aromatic carbocycles. The second-order valence-corrected chi connectivity index (χ2v) is 17.8. The molecule has 1 heterocycles. The van der Waals surface area contributed by atoms with E-state index in [-0.39, 0.29) is 60.0 Å². The van der Waals surface area contributed by atoms with Gasteiger partial charge in [-0.1, -0.05) is 0 Å². The summed E-state index contributed by atoms with van der Waals surface area (Å²) < 4.78 is 98.5. The minimum absolute atomic E-state index is 0.0146. The van der Waals surface area contributed by atoms with Gasteiger partial charge in [0.15, 0.2) is 18.3 Å². The van der Waals surface area contributed by atoms with Gasteiger partial charge < -0.3 is 24.1 Å². The summed E-state index contributed by atoms with van der Waals surface area (Å²) in [6.45, 7) is 7.09. The molecule has 11 nitrogen and oxygen atoms in total. The summed E-state index contributed by atoms with van der Waals surface area (Å²) in [5.74, 6) is -1.86. The number of nitrogens with zero attached hydrogens (tertiary/aromatic N) is 2. The Balaban J connectivity index is 1.14. The van der Waals surface area contributed by atoms with E-state index < -0.39 is 54.2 Å². The standard InChI is InChI=1S/C46H58F6N2O9/c1-8-59-42(58)43(13-9-10-14-43)62-54(7)38(56)23-34-26(2)16-33(17-27(34)3)61-37(46(50,51)52)22-30-20-31(21-30)35-12-11-15-44(35)41(57)40(36(24-55)53(6)63-44)39-28(4)18-32(19-29(39)5)60-25-45(47,48)49/h16-19,24,30-31,35-37,57H,8-15,20-23,25H2,1-7H3. The molecule has 1 spiro atoms. The van der Waals surface area contributed by atoms with Crippen molar-refractivity contribution in [2.75, 3.05) is 27.3 Å². The smallest absolute Gasteiger partial charge is 0.425 e. The summed E-state index contributed by atoms with van der Waals surface area (Å²) in [7, 11) is 3.01. The summed E-state index contributed by atoms with van der Waals surface area (Å²) in [5, 5.41) is 14.6. The molecule has 17 heteroatoms. The maximum Gasteiger partial charge on any atom is 0.425 e. The minimum Gasteiger partial charge on any atom is -0.509 e. The van der Waals surface area contributed by atoms with Crippen LogP contribution >= 0.6 is 0 Å². The lowest BCUT2D eigenvalue weighted by molar-refractivity contribution is -0.265. The van der Waals surface area contributed by atoms with Gasteiger partial charge in [0.05, 0.1) is 13.0 Å². The van der Waals surface area contributed by atoms with Crippen molar-refractivity contribution in [3.8, 4) is 11.5 Å². The highest BCUT2D eigenvalue weighted by molar-refractivity contribution is 5.89. The summed E-state index contributed by atoms with van der Waals surface area (Å²) in [6.07, 6.45) is -6.31. The number of benzene rings is 2. The first-order valence-electron chi connectivity index (χ1n) is 21.6. The third-order valence-corrected chi connectivity index (χ3v) is 13.4. The highest BCUT2D eigenvalue weighted by Gasteiger charge is 2.59. The van der Waals surface area contributed by atoms with E-state index in [2.05, 4.69) is 0 Å². The summed E-state index contributed by atoms with van der Waals surface area (Å²) in [6, 6.07) is 4.78. The lowest BCUT2D eigenvalue weighted by Gasteiger charge is -2.50. The maximum absolute atomic E-state index is 14.6. The fraction of sp³-hybridized carbons (Fsp3) is 0.630. The van der Waals surface area contributed by atoms with Crippen LogP contribution in [-0.4, -0.2) is 96.4 Å². The van der Waals surface area contributed by atoms with Crippen molar-refractivity contribution in [3.05, 3.63) is 63.4 Å². The summed E-state index contributed by atoms with van der Waals surface area (Å²) in [5.41, 5.74) is 0.935. The number of hydrogen-bond acceptors (Lipinski definition) is 10. The van der Waals surface area contributed by atoms with Gasteiger partial charge in [0.2, 0.25) is 5.91 Å².